The van der Waals surface area contributed by atoms with Crippen molar-refractivity contribution in [2.75, 3.05) is 26.9 Å². The van der Waals surface area contributed by atoms with Gasteiger partial charge in [0.05, 0.1) is 35.7 Å². The SMILES string of the molecule is CCCCOCCCOc1c(OC)ccc2c1cnn2S(=O)(=O)c1ccc(C)cc1. The van der Waals surface area contributed by atoms with Crippen LogP contribution in [0, 0.1) is 6.92 Å². The van der Waals surface area contributed by atoms with E-state index in [1.165, 1.54) is 6.20 Å². The summed E-state index contributed by atoms with van der Waals surface area (Å²) in [6, 6.07) is 10.1. The summed E-state index contributed by atoms with van der Waals surface area (Å²) in [7, 11) is -2.27. The molecule has 0 aliphatic carbocycles. The third kappa shape index (κ3) is 4.76. The first-order chi connectivity index (χ1) is 14.5. The average Bonchev–Trinajstić information content (AvgIpc) is 3.18. The molecule has 0 amide bonds. The zero-order chi connectivity index (χ0) is 21.6. The normalized spacial score (nSPS) is 11.7. The van der Waals surface area contributed by atoms with Crippen molar-refractivity contribution >= 4 is 20.9 Å². The molecule has 8 heteroatoms. The Bertz CT molecular complexity index is 1070. The number of ether oxygens (including phenoxy) is 3. The first-order valence-electron chi connectivity index (χ1n) is 10.1. The van der Waals surface area contributed by atoms with Gasteiger partial charge in [0, 0.05) is 19.6 Å². The largest absolute Gasteiger partial charge is 0.493 e. The van der Waals surface area contributed by atoms with Crippen molar-refractivity contribution in [1.29, 1.82) is 0 Å². The second-order valence-electron chi connectivity index (χ2n) is 7.00. The molecule has 0 saturated carbocycles. The van der Waals surface area contributed by atoms with Crippen LogP contribution in [0.2, 0.25) is 0 Å². The van der Waals surface area contributed by atoms with Gasteiger partial charge in [-0.05, 0) is 37.6 Å². The van der Waals surface area contributed by atoms with E-state index in [2.05, 4.69) is 12.0 Å². The van der Waals surface area contributed by atoms with E-state index in [-0.39, 0.29) is 4.90 Å². The van der Waals surface area contributed by atoms with E-state index in [4.69, 9.17) is 14.2 Å². The third-order valence-corrected chi connectivity index (χ3v) is 6.34. The number of unbranched alkanes of at least 4 members (excludes halogenated alkanes) is 1. The lowest BCUT2D eigenvalue weighted by atomic mass is 10.2. The monoisotopic (exact) mass is 432 g/mol. The van der Waals surface area contributed by atoms with Crippen LogP contribution in [-0.4, -0.2) is 44.5 Å². The molecule has 0 spiro atoms. The van der Waals surface area contributed by atoms with Gasteiger partial charge in [-0.3, -0.25) is 0 Å². The van der Waals surface area contributed by atoms with Crippen LogP contribution in [0.15, 0.2) is 47.5 Å². The minimum atomic E-state index is -3.82. The highest BCUT2D eigenvalue weighted by atomic mass is 32.2. The summed E-state index contributed by atoms with van der Waals surface area (Å²) >= 11 is 0. The second kappa shape index (κ2) is 9.95. The van der Waals surface area contributed by atoms with Crippen LogP contribution < -0.4 is 9.47 Å². The van der Waals surface area contributed by atoms with E-state index in [9.17, 15) is 8.42 Å². The summed E-state index contributed by atoms with van der Waals surface area (Å²) in [6.07, 6.45) is 4.36. The number of aromatic nitrogens is 2. The maximum atomic E-state index is 13.1. The van der Waals surface area contributed by atoms with E-state index in [0.29, 0.717) is 35.6 Å². The number of benzene rings is 2. The first-order valence-corrected chi connectivity index (χ1v) is 11.5. The number of hydrogen-bond donors (Lipinski definition) is 0. The van der Waals surface area contributed by atoms with Gasteiger partial charge < -0.3 is 14.2 Å². The van der Waals surface area contributed by atoms with E-state index >= 15 is 0 Å². The molecule has 162 valence electrons. The van der Waals surface area contributed by atoms with Crippen molar-refractivity contribution in [2.45, 2.75) is 38.0 Å². The summed E-state index contributed by atoms with van der Waals surface area (Å²) in [4.78, 5) is 0.181. The van der Waals surface area contributed by atoms with E-state index < -0.39 is 10.0 Å². The van der Waals surface area contributed by atoms with Gasteiger partial charge in [-0.2, -0.15) is 17.6 Å². The van der Waals surface area contributed by atoms with Gasteiger partial charge in [-0.15, -0.1) is 0 Å². The molecule has 7 nitrogen and oxygen atoms in total. The molecule has 2 aromatic carbocycles. The highest BCUT2D eigenvalue weighted by molar-refractivity contribution is 7.90. The predicted molar refractivity (Wildman–Crippen MR) is 116 cm³/mol. The van der Waals surface area contributed by atoms with Crippen LogP contribution in [0.1, 0.15) is 31.7 Å². The standard InChI is InChI=1S/C22H28N2O5S/c1-4-5-13-28-14-6-15-29-22-19-16-23-24(20(19)11-12-21(22)27-3)30(25,26)18-9-7-17(2)8-10-18/h7-12,16H,4-6,13-15H2,1-3H3. The zero-order valence-electron chi connectivity index (χ0n) is 17.6. The summed E-state index contributed by atoms with van der Waals surface area (Å²) < 4.78 is 44.1. The molecule has 1 aromatic heterocycles. The van der Waals surface area contributed by atoms with Crippen molar-refractivity contribution in [3.63, 3.8) is 0 Å². The summed E-state index contributed by atoms with van der Waals surface area (Å²) in [5, 5.41) is 4.73. The molecule has 0 saturated heterocycles. The number of aryl methyl sites for hydroxylation is 1. The molecule has 0 aliphatic heterocycles. The molecule has 0 unspecified atom stereocenters. The Hall–Kier alpha value is -2.58. The van der Waals surface area contributed by atoms with Gasteiger partial charge in [0.25, 0.3) is 10.0 Å². The van der Waals surface area contributed by atoms with Gasteiger partial charge in [0.2, 0.25) is 0 Å². The third-order valence-electron chi connectivity index (χ3n) is 4.72. The number of rotatable bonds is 11. The minimum absolute atomic E-state index is 0.181. The second-order valence-corrected chi connectivity index (χ2v) is 8.77. The smallest absolute Gasteiger partial charge is 0.283 e. The maximum Gasteiger partial charge on any atom is 0.283 e. The van der Waals surface area contributed by atoms with Crippen LogP contribution in [0.4, 0.5) is 0 Å². The summed E-state index contributed by atoms with van der Waals surface area (Å²) in [5.74, 6) is 1.01. The number of methoxy groups -OCH3 is 1. The molecular weight excluding hydrogens is 404 g/mol. The molecule has 0 N–H and O–H groups in total. The molecule has 3 aromatic rings. The van der Waals surface area contributed by atoms with Gasteiger partial charge >= 0.3 is 0 Å². The lowest BCUT2D eigenvalue weighted by Crippen LogP contribution is -2.14. The Labute approximate surface area is 177 Å². The minimum Gasteiger partial charge on any atom is -0.493 e. The lowest BCUT2D eigenvalue weighted by Gasteiger charge is -2.12. The number of hydrogen-bond acceptors (Lipinski definition) is 6. The van der Waals surface area contributed by atoms with Crippen LogP contribution in [0.5, 0.6) is 11.5 Å². The number of nitrogens with zero attached hydrogens (tertiary/aromatic N) is 2. The Balaban J connectivity index is 1.84. The van der Waals surface area contributed by atoms with Crippen LogP contribution in [-0.2, 0) is 14.8 Å². The lowest BCUT2D eigenvalue weighted by molar-refractivity contribution is 0.116. The van der Waals surface area contributed by atoms with Gasteiger partial charge in [0.1, 0.15) is 0 Å². The maximum absolute atomic E-state index is 13.1. The fourth-order valence-corrected chi connectivity index (χ4v) is 4.30. The average molecular weight is 433 g/mol. The summed E-state index contributed by atoms with van der Waals surface area (Å²) in [5.41, 5.74) is 1.42. The Kier molecular flexibility index (Phi) is 7.33. The van der Waals surface area contributed by atoms with Crippen molar-refractivity contribution in [1.82, 2.24) is 9.19 Å². The molecule has 30 heavy (non-hydrogen) atoms. The molecule has 0 aliphatic rings. The first kappa shape index (κ1) is 22.1. The predicted octanol–water partition coefficient (Wildman–Crippen LogP) is 4.18. The molecule has 0 bridgehead atoms. The zero-order valence-corrected chi connectivity index (χ0v) is 18.4. The molecule has 0 radical (unpaired) electrons. The van der Waals surface area contributed by atoms with Crippen molar-refractivity contribution in [3.8, 4) is 11.5 Å². The Morgan fingerprint density at radius 1 is 1.00 bits per heavy atom. The molecule has 0 atom stereocenters. The van der Waals surface area contributed by atoms with Crippen LogP contribution >= 0.6 is 0 Å². The van der Waals surface area contributed by atoms with Crippen LogP contribution in [0.25, 0.3) is 10.9 Å². The van der Waals surface area contributed by atoms with Crippen molar-refractivity contribution in [3.05, 3.63) is 48.2 Å². The fraction of sp³-hybridized carbons (Fsp3) is 0.409. The van der Waals surface area contributed by atoms with Gasteiger partial charge in [-0.25, -0.2) is 0 Å². The van der Waals surface area contributed by atoms with E-state index in [1.807, 2.05) is 6.92 Å². The molecular formula is C22H28N2O5S. The van der Waals surface area contributed by atoms with Crippen molar-refractivity contribution < 1.29 is 22.6 Å². The fourth-order valence-electron chi connectivity index (χ4n) is 3.03. The van der Waals surface area contributed by atoms with Gasteiger partial charge in [-0.1, -0.05) is 31.0 Å². The quantitative estimate of drug-likeness (QED) is 0.423. The molecule has 0 fully saturated rings. The Morgan fingerprint density at radius 3 is 2.43 bits per heavy atom. The van der Waals surface area contributed by atoms with E-state index in [0.717, 1.165) is 35.5 Å². The van der Waals surface area contributed by atoms with Crippen LogP contribution in [0.3, 0.4) is 0 Å². The van der Waals surface area contributed by atoms with E-state index in [1.54, 1.807) is 43.5 Å². The van der Waals surface area contributed by atoms with Crippen molar-refractivity contribution in [2.24, 2.45) is 0 Å². The highest BCUT2D eigenvalue weighted by Crippen LogP contribution is 2.36. The Morgan fingerprint density at radius 2 is 1.73 bits per heavy atom. The molecule has 1 heterocycles. The summed E-state index contributed by atoms with van der Waals surface area (Å²) in [6.45, 7) is 5.82. The number of fused-ring (bicyclic) bond motifs is 1. The van der Waals surface area contributed by atoms with Gasteiger partial charge in [0.15, 0.2) is 11.5 Å². The molecule has 3 rings (SSSR count). The highest BCUT2D eigenvalue weighted by Gasteiger charge is 2.23. The topological polar surface area (TPSA) is 79.7 Å².